The lowest BCUT2D eigenvalue weighted by Gasteiger charge is -2.44. The Balaban J connectivity index is 1.05. The Hall–Kier alpha value is -6.81. The monoisotopic (exact) mass is 744 g/mol. The lowest BCUT2D eigenvalue weighted by atomic mass is 9.57. The molecule has 2 aliphatic heterocycles. The number of carbonyl (C=O) groups is 6. The van der Waals surface area contributed by atoms with Crippen LogP contribution in [0.2, 0.25) is 0 Å². The predicted octanol–water partition coefficient (Wildman–Crippen LogP) is 7.04. The SMILES string of the molecule is O=C(c1ccccc1)c1ccc(N2C(=O)C3CC=C4C(CC5C(=O)N(c6ccc(C(=O)c7ccccc7)cc6)C(=O)C5C4c4ccc(O)c(F)c4)C3C2=O)cc1. The van der Waals surface area contributed by atoms with E-state index in [0.717, 1.165) is 15.9 Å². The predicted molar refractivity (Wildman–Crippen MR) is 203 cm³/mol. The van der Waals surface area contributed by atoms with Crippen molar-refractivity contribution >= 4 is 46.6 Å². The van der Waals surface area contributed by atoms with Crippen molar-refractivity contribution in [3.63, 3.8) is 0 Å². The number of phenols is 1. The van der Waals surface area contributed by atoms with Crippen molar-refractivity contribution in [2.24, 2.45) is 29.6 Å². The smallest absolute Gasteiger partial charge is 0.238 e. The molecule has 10 heteroatoms. The molecule has 56 heavy (non-hydrogen) atoms. The summed E-state index contributed by atoms with van der Waals surface area (Å²) in [6, 6.07) is 33.9. The van der Waals surface area contributed by atoms with Crippen molar-refractivity contribution in [3.8, 4) is 5.75 Å². The highest BCUT2D eigenvalue weighted by Crippen LogP contribution is 2.58. The van der Waals surface area contributed by atoms with Gasteiger partial charge in [0, 0.05) is 28.2 Å². The Morgan fingerprint density at radius 1 is 0.554 bits per heavy atom. The molecule has 5 aromatic rings. The van der Waals surface area contributed by atoms with Gasteiger partial charge in [-0.15, -0.1) is 0 Å². The van der Waals surface area contributed by atoms with Crippen LogP contribution in [0.4, 0.5) is 15.8 Å². The zero-order valence-corrected chi connectivity index (χ0v) is 29.7. The van der Waals surface area contributed by atoms with Crippen LogP contribution in [0, 0.1) is 35.4 Å². The van der Waals surface area contributed by atoms with Gasteiger partial charge in [-0.2, -0.15) is 0 Å². The highest BCUT2D eigenvalue weighted by molar-refractivity contribution is 6.24. The summed E-state index contributed by atoms with van der Waals surface area (Å²) in [7, 11) is 0. The van der Waals surface area contributed by atoms with Gasteiger partial charge in [0.05, 0.1) is 35.0 Å². The maximum atomic E-state index is 15.0. The number of nitrogens with zero attached hydrogens (tertiary/aromatic N) is 2. The van der Waals surface area contributed by atoms with Gasteiger partial charge in [-0.25, -0.2) is 4.39 Å². The van der Waals surface area contributed by atoms with E-state index < -0.39 is 70.7 Å². The lowest BCUT2D eigenvalue weighted by molar-refractivity contribution is -0.126. The highest BCUT2D eigenvalue weighted by atomic mass is 19.1. The second-order valence-corrected chi connectivity index (χ2v) is 14.7. The van der Waals surface area contributed by atoms with E-state index in [1.807, 2.05) is 18.2 Å². The van der Waals surface area contributed by atoms with Gasteiger partial charge in [-0.1, -0.05) is 78.4 Å². The lowest BCUT2D eigenvalue weighted by Crippen LogP contribution is -2.43. The molecule has 9 rings (SSSR count). The molecular formula is C46H33FN2O7. The molecule has 276 valence electrons. The number of ketones is 2. The highest BCUT2D eigenvalue weighted by Gasteiger charge is 2.62. The fourth-order valence-electron chi connectivity index (χ4n) is 9.23. The molecule has 6 unspecified atom stereocenters. The van der Waals surface area contributed by atoms with Crippen LogP contribution in [0.25, 0.3) is 0 Å². The summed E-state index contributed by atoms with van der Waals surface area (Å²) in [6.45, 7) is 0. The first-order valence-electron chi connectivity index (χ1n) is 18.5. The van der Waals surface area contributed by atoms with E-state index in [1.165, 1.54) is 12.1 Å². The summed E-state index contributed by atoms with van der Waals surface area (Å²) in [6.07, 6.45) is 2.16. The van der Waals surface area contributed by atoms with Gasteiger partial charge in [-0.3, -0.25) is 38.6 Å². The molecule has 0 radical (unpaired) electrons. The molecule has 6 atom stereocenters. The molecule has 4 amide bonds. The van der Waals surface area contributed by atoms with Crippen molar-refractivity contribution in [1.29, 1.82) is 0 Å². The number of anilines is 2. The van der Waals surface area contributed by atoms with Crippen LogP contribution in [0.15, 0.2) is 139 Å². The number of fused-ring (bicyclic) bond motifs is 4. The molecule has 2 saturated heterocycles. The van der Waals surface area contributed by atoms with Crippen LogP contribution in [0.5, 0.6) is 5.75 Å². The normalized spacial score (nSPS) is 24.1. The van der Waals surface area contributed by atoms with Crippen molar-refractivity contribution in [2.75, 3.05) is 9.80 Å². The molecule has 5 aromatic carbocycles. The average Bonchev–Trinajstić information content (AvgIpc) is 3.64. The number of allylic oxidation sites excluding steroid dienone is 2. The first kappa shape index (κ1) is 34.9. The third-order valence-electron chi connectivity index (χ3n) is 11.8. The zero-order valence-electron chi connectivity index (χ0n) is 29.7. The third kappa shape index (κ3) is 5.51. The van der Waals surface area contributed by atoms with E-state index in [9.17, 15) is 38.3 Å². The number of phenolic OH excluding ortho intramolecular Hbond substituents is 1. The van der Waals surface area contributed by atoms with Gasteiger partial charge >= 0.3 is 0 Å². The Kier molecular flexibility index (Phi) is 8.41. The van der Waals surface area contributed by atoms with Crippen LogP contribution in [-0.4, -0.2) is 40.3 Å². The van der Waals surface area contributed by atoms with Crippen molar-refractivity contribution in [2.45, 2.75) is 18.8 Å². The van der Waals surface area contributed by atoms with Crippen LogP contribution < -0.4 is 9.80 Å². The van der Waals surface area contributed by atoms with E-state index in [1.54, 1.807) is 97.1 Å². The zero-order chi connectivity index (χ0) is 38.8. The molecule has 0 spiro atoms. The molecule has 1 saturated carbocycles. The quantitative estimate of drug-likeness (QED) is 0.108. The summed E-state index contributed by atoms with van der Waals surface area (Å²) in [4.78, 5) is 85.7. The Bertz CT molecular complexity index is 2500. The van der Waals surface area contributed by atoms with Gasteiger partial charge in [0.25, 0.3) is 0 Å². The molecule has 9 nitrogen and oxygen atoms in total. The molecule has 0 aromatic heterocycles. The number of aromatic hydroxyl groups is 1. The van der Waals surface area contributed by atoms with Crippen molar-refractivity contribution < 1.29 is 38.3 Å². The van der Waals surface area contributed by atoms with Crippen molar-refractivity contribution in [3.05, 3.63) is 173 Å². The number of carbonyl (C=O) groups excluding carboxylic acids is 6. The number of halogens is 1. The van der Waals surface area contributed by atoms with Gasteiger partial charge in [0.2, 0.25) is 23.6 Å². The van der Waals surface area contributed by atoms with Crippen molar-refractivity contribution in [1.82, 2.24) is 0 Å². The van der Waals surface area contributed by atoms with E-state index in [-0.39, 0.29) is 30.1 Å². The Morgan fingerprint density at radius 3 is 1.55 bits per heavy atom. The first-order chi connectivity index (χ1) is 27.1. The Morgan fingerprint density at radius 2 is 1.04 bits per heavy atom. The topological polar surface area (TPSA) is 129 Å². The molecule has 3 fully saturated rings. The number of hydrogen-bond acceptors (Lipinski definition) is 7. The molecule has 0 bridgehead atoms. The van der Waals surface area contributed by atoms with E-state index in [4.69, 9.17) is 0 Å². The fourth-order valence-corrected chi connectivity index (χ4v) is 9.23. The summed E-state index contributed by atoms with van der Waals surface area (Å²) in [5, 5.41) is 10.1. The van der Waals surface area contributed by atoms with Crippen LogP contribution >= 0.6 is 0 Å². The standard InChI is InChI=1S/C46H33FN2O7/c47-36-23-29(15-22-37(36)50)38-32-20-21-33-39(45(55)48(43(33)53)30-16-11-27(12-17-30)41(51)25-7-3-1-4-8-25)34(32)24-35-40(38)46(56)49(44(35)54)31-18-13-28(14-19-31)42(52)26-9-5-2-6-10-26/h1-20,22-23,33-35,38-40,50H,21,24H2. The molecular weight excluding hydrogens is 712 g/mol. The van der Waals surface area contributed by atoms with Crippen LogP contribution in [-0.2, 0) is 19.2 Å². The number of benzene rings is 5. The summed E-state index contributed by atoms with van der Waals surface area (Å²) in [5.41, 5.74) is 3.41. The minimum atomic E-state index is -0.950. The number of imide groups is 2. The van der Waals surface area contributed by atoms with E-state index in [2.05, 4.69) is 0 Å². The largest absolute Gasteiger partial charge is 0.505 e. The number of amides is 4. The second kappa shape index (κ2) is 13.5. The minimum absolute atomic E-state index is 0.109. The Labute approximate surface area is 320 Å². The summed E-state index contributed by atoms with van der Waals surface area (Å²) in [5.74, 6) is -8.59. The van der Waals surface area contributed by atoms with Gasteiger partial charge in [0.15, 0.2) is 23.1 Å². The van der Waals surface area contributed by atoms with Crippen LogP contribution in [0.3, 0.4) is 0 Å². The molecule has 1 N–H and O–H groups in total. The van der Waals surface area contributed by atoms with Crippen LogP contribution in [0.1, 0.15) is 56.2 Å². The summed E-state index contributed by atoms with van der Waals surface area (Å²) >= 11 is 0. The number of hydrogen-bond donors (Lipinski definition) is 1. The maximum absolute atomic E-state index is 15.0. The molecule has 2 heterocycles. The van der Waals surface area contributed by atoms with E-state index in [0.29, 0.717) is 39.1 Å². The van der Waals surface area contributed by atoms with Gasteiger partial charge in [-0.05, 0) is 85.0 Å². The maximum Gasteiger partial charge on any atom is 0.238 e. The first-order valence-corrected chi connectivity index (χ1v) is 18.5. The third-order valence-corrected chi connectivity index (χ3v) is 11.8. The van der Waals surface area contributed by atoms with E-state index >= 15 is 0 Å². The fraction of sp³-hybridized carbons (Fsp3) is 0.174. The second-order valence-electron chi connectivity index (χ2n) is 14.7. The van der Waals surface area contributed by atoms with Gasteiger partial charge < -0.3 is 5.11 Å². The summed E-state index contributed by atoms with van der Waals surface area (Å²) < 4.78 is 15.0. The van der Waals surface area contributed by atoms with Gasteiger partial charge in [0.1, 0.15) is 0 Å². The molecule has 4 aliphatic rings. The number of rotatable bonds is 7. The minimum Gasteiger partial charge on any atom is -0.505 e. The average molecular weight is 745 g/mol. The molecule has 2 aliphatic carbocycles.